The quantitative estimate of drug-likeness (QED) is 0.0628. The standard InChI is InChI=1S/C45H78N4O7/c1-31(2)9-8-10-33(5)37-13-14-38-36-12-11-34-30-35(15-19-44(34,6)39(36)16-20-45(37,38)7)56-43(53)49-22-21-46-40(50)17-25-54-27-23-47-41(51)18-26-55-28-24-48-42(52)29-32(3)4/h11,31-33,35-39H,8-10,12-30H2,1-7H3,(H,46,50)(H,47,51)(H,48,52)(H,49,53)/t33-,35+,36+,37-,38+,39+,44+,45-/m1/s1. The van der Waals surface area contributed by atoms with Crippen molar-refractivity contribution in [3.05, 3.63) is 11.6 Å². The topological polar surface area (TPSA) is 144 Å². The zero-order chi connectivity index (χ0) is 40.7. The van der Waals surface area contributed by atoms with E-state index in [9.17, 15) is 19.2 Å². The van der Waals surface area contributed by atoms with Crippen molar-refractivity contribution < 1.29 is 33.4 Å². The Morgan fingerprint density at radius 2 is 1.36 bits per heavy atom. The van der Waals surface area contributed by atoms with Gasteiger partial charge in [0.05, 0.1) is 26.4 Å². The fourth-order valence-corrected chi connectivity index (χ4v) is 11.0. The molecule has 11 heteroatoms. The Labute approximate surface area is 338 Å². The molecule has 0 aromatic heterocycles. The van der Waals surface area contributed by atoms with Crippen LogP contribution in [0.1, 0.15) is 138 Å². The third kappa shape index (κ3) is 13.5. The number of hydrogen-bond donors (Lipinski definition) is 4. The third-order valence-corrected chi connectivity index (χ3v) is 13.9. The van der Waals surface area contributed by atoms with Gasteiger partial charge < -0.3 is 35.5 Å². The molecule has 11 nitrogen and oxygen atoms in total. The Morgan fingerprint density at radius 1 is 0.714 bits per heavy atom. The molecule has 4 N–H and O–H groups in total. The number of carbonyl (C=O) groups excluding carboxylic acids is 4. The van der Waals surface area contributed by atoms with E-state index < -0.39 is 6.09 Å². The molecule has 4 aliphatic rings. The predicted molar refractivity (Wildman–Crippen MR) is 221 cm³/mol. The number of alkyl carbamates (subject to hydrolysis) is 1. The van der Waals surface area contributed by atoms with Crippen LogP contribution in [0.4, 0.5) is 4.79 Å². The van der Waals surface area contributed by atoms with Crippen molar-refractivity contribution >= 4 is 23.8 Å². The van der Waals surface area contributed by atoms with Crippen LogP contribution in [0.5, 0.6) is 0 Å². The molecule has 0 aromatic rings. The van der Waals surface area contributed by atoms with Gasteiger partial charge >= 0.3 is 6.09 Å². The Hall–Kier alpha value is -2.66. The fourth-order valence-electron chi connectivity index (χ4n) is 11.0. The van der Waals surface area contributed by atoms with Gasteiger partial charge in [0.15, 0.2) is 0 Å². The SMILES string of the molecule is CC(C)CCC[C@@H](C)[C@H]1CC[C@H]2[C@@H]3CC=C4C[C@@H](OC(=O)NCCNC(=O)CCOCCNC(=O)CCOCCNC(=O)CC(C)C)CC[C@]4(C)[C@H]3CC[C@]12C. The maximum Gasteiger partial charge on any atom is 0.407 e. The summed E-state index contributed by atoms with van der Waals surface area (Å²) in [4.78, 5) is 48.5. The molecule has 320 valence electrons. The van der Waals surface area contributed by atoms with E-state index in [1.807, 2.05) is 13.8 Å². The second-order valence-electron chi connectivity index (χ2n) is 18.9. The number of carbonyl (C=O) groups is 4. The molecule has 0 unspecified atom stereocenters. The average Bonchev–Trinajstić information content (AvgIpc) is 3.50. The van der Waals surface area contributed by atoms with Crippen LogP contribution in [0.3, 0.4) is 0 Å². The monoisotopic (exact) mass is 787 g/mol. The maximum absolute atomic E-state index is 12.7. The highest BCUT2D eigenvalue weighted by molar-refractivity contribution is 5.76. The maximum atomic E-state index is 12.7. The second-order valence-corrected chi connectivity index (χ2v) is 18.9. The van der Waals surface area contributed by atoms with Gasteiger partial charge in [-0.2, -0.15) is 0 Å². The molecule has 56 heavy (non-hydrogen) atoms. The van der Waals surface area contributed by atoms with Crippen molar-refractivity contribution in [3.8, 4) is 0 Å². The lowest BCUT2D eigenvalue weighted by atomic mass is 9.47. The molecule has 4 aliphatic carbocycles. The summed E-state index contributed by atoms with van der Waals surface area (Å²) in [5.74, 6) is 4.87. The largest absolute Gasteiger partial charge is 0.446 e. The normalized spacial score (nSPS) is 28.7. The van der Waals surface area contributed by atoms with Crippen LogP contribution in [0.25, 0.3) is 0 Å². The van der Waals surface area contributed by atoms with E-state index in [-0.39, 0.29) is 55.3 Å². The first-order valence-corrected chi connectivity index (χ1v) is 22.3. The van der Waals surface area contributed by atoms with Gasteiger partial charge in [0.2, 0.25) is 17.7 Å². The molecule has 0 radical (unpaired) electrons. The summed E-state index contributed by atoms with van der Waals surface area (Å²) in [6.45, 7) is 18.9. The fraction of sp³-hybridized carbons (Fsp3) is 0.867. The number of hydrogen-bond acceptors (Lipinski definition) is 7. The molecule has 0 spiro atoms. The molecule has 4 amide bonds. The number of allylic oxidation sites excluding steroid dienone is 1. The highest BCUT2D eigenvalue weighted by atomic mass is 16.6. The number of ether oxygens (including phenoxy) is 3. The Morgan fingerprint density at radius 3 is 2.02 bits per heavy atom. The summed E-state index contributed by atoms with van der Waals surface area (Å²) >= 11 is 0. The molecule has 3 saturated carbocycles. The molecule has 3 fully saturated rings. The second kappa shape index (κ2) is 22.5. The summed E-state index contributed by atoms with van der Waals surface area (Å²) in [5, 5.41) is 11.2. The van der Waals surface area contributed by atoms with Gasteiger partial charge in [-0.1, -0.05) is 79.4 Å². The van der Waals surface area contributed by atoms with Gasteiger partial charge in [-0.05, 0) is 97.2 Å². The minimum atomic E-state index is -0.419. The molecule has 0 saturated heterocycles. The number of nitrogens with one attached hydrogen (secondary N) is 4. The molecular weight excluding hydrogens is 709 g/mol. The van der Waals surface area contributed by atoms with Gasteiger partial charge in [0.1, 0.15) is 6.10 Å². The van der Waals surface area contributed by atoms with Crippen LogP contribution in [-0.4, -0.2) is 82.5 Å². The molecule has 0 aliphatic heterocycles. The molecule has 0 heterocycles. The summed E-state index contributed by atoms with van der Waals surface area (Å²) in [7, 11) is 0. The van der Waals surface area contributed by atoms with E-state index in [1.54, 1.807) is 0 Å². The van der Waals surface area contributed by atoms with Crippen LogP contribution in [0, 0.1) is 52.3 Å². The predicted octanol–water partition coefficient (Wildman–Crippen LogP) is 7.33. The van der Waals surface area contributed by atoms with Gasteiger partial charge in [0, 0.05) is 51.9 Å². The van der Waals surface area contributed by atoms with Crippen LogP contribution in [0.2, 0.25) is 0 Å². The van der Waals surface area contributed by atoms with Crippen molar-refractivity contribution in [2.75, 3.05) is 52.6 Å². The molecule has 8 atom stereocenters. The Bertz CT molecular complexity index is 1300. The van der Waals surface area contributed by atoms with Gasteiger partial charge in [-0.3, -0.25) is 14.4 Å². The van der Waals surface area contributed by atoms with E-state index in [0.29, 0.717) is 57.1 Å². The zero-order valence-corrected chi connectivity index (χ0v) is 36.1. The minimum Gasteiger partial charge on any atom is -0.446 e. The first kappa shape index (κ1) is 46.0. The number of rotatable bonds is 23. The average molecular weight is 787 g/mol. The van der Waals surface area contributed by atoms with Gasteiger partial charge in [-0.15, -0.1) is 0 Å². The number of fused-ring (bicyclic) bond motifs is 5. The molecule has 4 rings (SSSR count). The van der Waals surface area contributed by atoms with Crippen molar-refractivity contribution in [2.45, 2.75) is 144 Å². The van der Waals surface area contributed by atoms with Crippen LogP contribution < -0.4 is 21.3 Å². The summed E-state index contributed by atoms with van der Waals surface area (Å²) in [6.07, 6.45) is 16.6. The summed E-state index contributed by atoms with van der Waals surface area (Å²) < 4.78 is 16.8. The van der Waals surface area contributed by atoms with E-state index in [2.05, 4.69) is 62.0 Å². The van der Waals surface area contributed by atoms with Crippen molar-refractivity contribution in [1.29, 1.82) is 0 Å². The molecule has 0 aromatic carbocycles. The number of amides is 4. The van der Waals surface area contributed by atoms with Crippen molar-refractivity contribution in [2.24, 2.45) is 52.3 Å². The molecular formula is C45H78N4O7. The lowest BCUT2D eigenvalue weighted by Crippen LogP contribution is -2.51. The highest BCUT2D eigenvalue weighted by Gasteiger charge is 2.59. The first-order chi connectivity index (χ1) is 26.7. The van der Waals surface area contributed by atoms with E-state index in [1.165, 1.54) is 56.9 Å². The van der Waals surface area contributed by atoms with E-state index in [4.69, 9.17) is 14.2 Å². The van der Waals surface area contributed by atoms with Crippen LogP contribution >= 0.6 is 0 Å². The highest BCUT2D eigenvalue weighted by Crippen LogP contribution is 2.67. The summed E-state index contributed by atoms with van der Waals surface area (Å²) in [5.41, 5.74) is 2.22. The molecule has 0 bridgehead atoms. The van der Waals surface area contributed by atoms with Crippen LogP contribution in [0.15, 0.2) is 11.6 Å². The lowest BCUT2D eigenvalue weighted by Gasteiger charge is -2.58. The minimum absolute atomic E-state index is 0.00456. The van der Waals surface area contributed by atoms with Gasteiger partial charge in [0.25, 0.3) is 0 Å². The smallest absolute Gasteiger partial charge is 0.407 e. The van der Waals surface area contributed by atoms with Crippen molar-refractivity contribution in [1.82, 2.24) is 21.3 Å². The Balaban J connectivity index is 1.03. The van der Waals surface area contributed by atoms with E-state index in [0.717, 1.165) is 54.8 Å². The van der Waals surface area contributed by atoms with Gasteiger partial charge in [-0.25, -0.2) is 4.79 Å². The zero-order valence-electron chi connectivity index (χ0n) is 36.1. The first-order valence-electron chi connectivity index (χ1n) is 22.3. The van der Waals surface area contributed by atoms with E-state index >= 15 is 0 Å². The summed E-state index contributed by atoms with van der Waals surface area (Å²) in [6, 6.07) is 0. The lowest BCUT2D eigenvalue weighted by molar-refractivity contribution is -0.124. The van der Waals surface area contributed by atoms with Crippen LogP contribution in [-0.2, 0) is 28.6 Å². The van der Waals surface area contributed by atoms with Crippen molar-refractivity contribution in [3.63, 3.8) is 0 Å². The Kier molecular flexibility index (Phi) is 18.5. The third-order valence-electron chi connectivity index (χ3n) is 13.9.